The summed E-state index contributed by atoms with van der Waals surface area (Å²) in [5.74, 6) is 2.22. The molecule has 8 nitrogen and oxygen atoms in total. The van der Waals surface area contributed by atoms with Crippen LogP contribution in [-0.2, 0) is 33.4 Å². The van der Waals surface area contributed by atoms with Crippen molar-refractivity contribution in [3.63, 3.8) is 0 Å². The van der Waals surface area contributed by atoms with E-state index < -0.39 is 11.0 Å². The molecule has 7 saturated carbocycles. The minimum absolute atomic E-state index is 0.0135. The third-order valence-corrected chi connectivity index (χ3v) is 21.6. The van der Waals surface area contributed by atoms with Gasteiger partial charge in [0, 0.05) is 36.3 Å². The summed E-state index contributed by atoms with van der Waals surface area (Å²) in [7, 11) is 0. The number of amides is 1. The molecule has 0 spiro atoms. The number of carbonyl (C=O) groups is 4. The maximum Gasteiger partial charge on any atom is 0.310 e. The van der Waals surface area contributed by atoms with Crippen molar-refractivity contribution in [2.45, 2.75) is 185 Å². The van der Waals surface area contributed by atoms with E-state index in [4.69, 9.17) is 14.2 Å². The standard InChI is InChI=1S/C54H85NO7/c1-32(2)34-17-22-54(41(56)30-33-29-36(48(33,6)7)44(57)55-25-27-60-28-26-55)24-23-52(13)35(43(34)54)15-16-40-51(12)20-19-42(50(10,11)39(51)18-21-53(40,52)14)61-45(58)37-31-38(49(37,8)9)46(59)62-47(3,4)5/h33-40,42-43H,1,15-31H2,2-14H3/t33-,34+,35-,36?,37?,38-,39+,40-,42+,43-,51+,52-,53-,54-/m1/s1. The van der Waals surface area contributed by atoms with Gasteiger partial charge in [0.25, 0.3) is 0 Å². The Labute approximate surface area is 375 Å². The number of fused-ring (bicyclic) bond motifs is 7. The van der Waals surface area contributed by atoms with Gasteiger partial charge in [-0.15, -0.1) is 0 Å². The van der Waals surface area contributed by atoms with Crippen molar-refractivity contribution in [3.8, 4) is 0 Å². The molecule has 8 aliphatic rings. The van der Waals surface area contributed by atoms with Gasteiger partial charge in [-0.3, -0.25) is 19.2 Å². The molecule has 1 aliphatic heterocycles. The van der Waals surface area contributed by atoms with Crippen molar-refractivity contribution >= 4 is 23.6 Å². The van der Waals surface area contributed by atoms with Crippen LogP contribution in [0.25, 0.3) is 0 Å². The van der Waals surface area contributed by atoms with E-state index in [0.717, 1.165) is 51.4 Å². The Morgan fingerprint density at radius 2 is 1.35 bits per heavy atom. The highest BCUT2D eigenvalue weighted by Crippen LogP contribution is 2.78. The van der Waals surface area contributed by atoms with Crippen LogP contribution in [-0.4, -0.2) is 66.5 Å². The second-order valence-corrected chi connectivity index (χ2v) is 26.2. The normalized spacial score (nSPS) is 45.1. The van der Waals surface area contributed by atoms with Crippen molar-refractivity contribution in [3.05, 3.63) is 12.2 Å². The molecule has 1 saturated heterocycles. The summed E-state index contributed by atoms with van der Waals surface area (Å²) in [6.07, 6.45) is 12.5. The Kier molecular flexibility index (Phi) is 11.3. The highest BCUT2D eigenvalue weighted by atomic mass is 16.6. The molecule has 0 aromatic carbocycles. The van der Waals surface area contributed by atoms with Gasteiger partial charge in [-0.05, 0) is 167 Å². The zero-order valence-corrected chi connectivity index (χ0v) is 41.3. The van der Waals surface area contributed by atoms with Crippen molar-refractivity contribution in [2.75, 3.05) is 26.3 Å². The predicted octanol–water partition coefficient (Wildman–Crippen LogP) is 11.0. The first-order valence-electron chi connectivity index (χ1n) is 25.2. The first-order chi connectivity index (χ1) is 28.7. The number of allylic oxidation sites excluding steroid dienone is 1. The minimum Gasteiger partial charge on any atom is -0.462 e. The maximum absolute atomic E-state index is 15.2. The molecular weight excluding hydrogens is 775 g/mol. The maximum atomic E-state index is 15.2. The van der Waals surface area contributed by atoms with E-state index >= 15 is 4.79 Å². The Balaban J connectivity index is 0.975. The molecule has 7 aliphatic carbocycles. The number of nitrogens with zero attached hydrogens (tertiary/aromatic N) is 1. The molecule has 0 aromatic rings. The van der Waals surface area contributed by atoms with E-state index in [-0.39, 0.29) is 80.1 Å². The van der Waals surface area contributed by atoms with Crippen molar-refractivity contribution in [1.29, 1.82) is 0 Å². The van der Waals surface area contributed by atoms with E-state index in [1.54, 1.807) is 0 Å². The molecule has 1 amide bonds. The van der Waals surface area contributed by atoms with Gasteiger partial charge in [-0.2, -0.15) is 0 Å². The van der Waals surface area contributed by atoms with E-state index in [1.165, 1.54) is 24.8 Å². The number of hydrogen-bond acceptors (Lipinski definition) is 7. The van der Waals surface area contributed by atoms with Crippen LogP contribution in [0.5, 0.6) is 0 Å². The molecule has 0 bridgehead atoms. The number of ether oxygens (including phenoxy) is 3. The van der Waals surface area contributed by atoms with Crippen LogP contribution in [0.1, 0.15) is 173 Å². The van der Waals surface area contributed by atoms with E-state index in [9.17, 15) is 14.4 Å². The fraction of sp³-hybridized carbons (Fsp3) is 0.889. The summed E-state index contributed by atoms with van der Waals surface area (Å²) in [6.45, 7) is 36.3. The summed E-state index contributed by atoms with van der Waals surface area (Å²) in [4.78, 5) is 57.9. The molecule has 8 heteroatoms. The SMILES string of the molecule is C=C(C)[C@@H]1CC[C@]2(C(=O)C[C@H]3CC(C(=O)N4CCOCC4)C3(C)C)CC[C@]3(C)[C@H](CC[C@@H]4[C@@]5(C)CC[C@H](OC(=O)C6C[C@H](C(=O)OC(C)(C)C)C6(C)C)C(C)(C)[C@@H]5CC[C@]43C)[C@@H]12. The molecule has 0 N–H and O–H groups in total. The first-order valence-corrected chi connectivity index (χ1v) is 25.2. The largest absolute Gasteiger partial charge is 0.462 e. The lowest BCUT2D eigenvalue weighted by atomic mass is 9.32. The zero-order valence-electron chi connectivity index (χ0n) is 41.3. The Hall–Kier alpha value is -2.22. The third kappa shape index (κ3) is 6.78. The number of Topliss-reactive ketones (excluding diaryl/α,β-unsaturated/α-hetero) is 1. The predicted molar refractivity (Wildman–Crippen MR) is 242 cm³/mol. The summed E-state index contributed by atoms with van der Waals surface area (Å²) in [5.41, 5.74) is -0.0509. The second kappa shape index (κ2) is 15.2. The highest BCUT2D eigenvalue weighted by molar-refractivity contribution is 5.87. The lowest BCUT2D eigenvalue weighted by molar-refractivity contribution is -0.251. The van der Waals surface area contributed by atoms with Crippen LogP contribution in [0, 0.1) is 91.2 Å². The average molecular weight is 860 g/mol. The fourth-order valence-electron chi connectivity index (χ4n) is 17.3. The van der Waals surface area contributed by atoms with E-state index in [1.807, 2.05) is 39.5 Å². The summed E-state index contributed by atoms with van der Waals surface area (Å²) in [6, 6.07) is 0. The van der Waals surface area contributed by atoms with Gasteiger partial charge >= 0.3 is 11.9 Å². The monoisotopic (exact) mass is 860 g/mol. The molecule has 0 radical (unpaired) electrons. The van der Waals surface area contributed by atoms with Crippen molar-refractivity contribution < 1.29 is 33.4 Å². The Morgan fingerprint density at radius 3 is 1.97 bits per heavy atom. The summed E-state index contributed by atoms with van der Waals surface area (Å²) >= 11 is 0. The molecule has 0 aromatic heterocycles. The van der Waals surface area contributed by atoms with Crippen LogP contribution in [0.4, 0.5) is 0 Å². The Bertz CT molecular complexity index is 1830. The van der Waals surface area contributed by atoms with Gasteiger partial charge < -0.3 is 19.1 Å². The van der Waals surface area contributed by atoms with Crippen molar-refractivity contribution in [2.24, 2.45) is 91.2 Å². The van der Waals surface area contributed by atoms with Gasteiger partial charge in [0.2, 0.25) is 5.91 Å². The number of rotatable bonds is 8. The number of morpholine rings is 1. The summed E-state index contributed by atoms with van der Waals surface area (Å²) < 4.78 is 17.9. The van der Waals surface area contributed by atoms with E-state index in [0.29, 0.717) is 74.5 Å². The number of carbonyl (C=O) groups excluding carboxylic acids is 4. The number of esters is 2. The number of ketones is 1. The average Bonchev–Trinajstić information content (AvgIpc) is 3.58. The highest BCUT2D eigenvalue weighted by Gasteiger charge is 2.72. The van der Waals surface area contributed by atoms with Gasteiger partial charge in [0.15, 0.2) is 0 Å². The zero-order chi connectivity index (χ0) is 45.4. The minimum atomic E-state index is -0.556. The van der Waals surface area contributed by atoms with Crippen LogP contribution in [0.2, 0.25) is 0 Å². The molecule has 62 heavy (non-hydrogen) atoms. The van der Waals surface area contributed by atoms with Gasteiger partial charge in [0.1, 0.15) is 17.5 Å². The quantitative estimate of drug-likeness (QED) is 0.177. The van der Waals surface area contributed by atoms with Gasteiger partial charge in [-0.25, -0.2) is 0 Å². The van der Waals surface area contributed by atoms with Crippen LogP contribution in [0.15, 0.2) is 12.2 Å². The topological polar surface area (TPSA) is 99.2 Å². The molecular formula is C54H85NO7. The molecule has 1 heterocycles. The number of hydrogen-bond donors (Lipinski definition) is 0. The molecule has 348 valence electrons. The summed E-state index contributed by atoms with van der Waals surface area (Å²) in [5, 5.41) is 0. The lowest BCUT2D eigenvalue weighted by Gasteiger charge is -2.73. The Morgan fingerprint density at radius 1 is 0.694 bits per heavy atom. The van der Waals surface area contributed by atoms with Crippen LogP contribution < -0.4 is 0 Å². The van der Waals surface area contributed by atoms with Gasteiger partial charge in [0.05, 0.1) is 25.0 Å². The second-order valence-electron chi connectivity index (χ2n) is 26.2. The smallest absolute Gasteiger partial charge is 0.310 e. The first kappa shape index (κ1) is 46.3. The van der Waals surface area contributed by atoms with Crippen molar-refractivity contribution in [1.82, 2.24) is 4.90 Å². The van der Waals surface area contributed by atoms with Crippen LogP contribution in [0.3, 0.4) is 0 Å². The van der Waals surface area contributed by atoms with Gasteiger partial charge in [-0.1, -0.05) is 74.5 Å². The van der Waals surface area contributed by atoms with E-state index in [2.05, 4.69) is 62.0 Å². The molecule has 14 atom stereocenters. The lowest BCUT2D eigenvalue weighted by Crippen LogP contribution is -2.67. The van der Waals surface area contributed by atoms with Crippen LogP contribution >= 0.6 is 0 Å². The third-order valence-electron chi connectivity index (χ3n) is 21.6. The molecule has 8 fully saturated rings. The fourth-order valence-corrected chi connectivity index (χ4v) is 17.3. The molecule has 2 unspecified atom stereocenters. The molecule has 8 rings (SSSR count).